The summed E-state index contributed by atoms with van der Waals surface area (Å²) in [6, 6.07) is 0. The Hall–Kier alpha value is 0.350. The van der Waals surface area contributed by atoms with Gasteiger partial charge in [0.1, 0.15) is 0 Å². The smallest absolute Gasteiger partial charge is 0.00170 e. The number of hydrogen-bond donors (Lipinski definition) is 1. The fourth-order valence-corrected chi connectivity index (χ4v) is 2.07. The van der Waals surface area contributed by atoms with Gasteiger partial charge in [0.2, 0.25) is 0 Å². The van der Waals surface area contributed by atoms with E-state index >= 15 is 0 Å². The highest BCUT2D eigenvalue weighted by Gasteiger charge is 2.20. The highest BCUT2D eigenvalue weighted by Crippen LogP contribution is 2.31. The molecule has 0 aromatic carbocycles. The van der Waals surface area contributed by atoms with Crippen LogP contribution < -0.4 is 0 Å². The largest absolute Gasteiger partial charge is 0.176 e. The van der Waals surface area contributed by atoms with Gasteiger partial charge in [-0.2, -0.15) is 12.6 Å². The van der Waals surface area contributed by atoms with Crippen LogP contribution in [-0.2, 0) is 0 Å². The van der Waals surface area contributed by atoms with Crippen molar-refractivity contribution in [2.24, 2.45) is 11.8 Å². The molecule has 0 amide bonds. The number of hydrogen-bond acceptors (Lipinski definition) is 1. The average Bonchev–Trinajstić information content (AvgIpc) is 1.88. The number of rotatable bonds is 1. The molecule has 0 atom stereocenters. The van der Waals surface area contributed by atoms with Gasteiger partial charge in [-0.05, 0) is 37.5 Å². The lowest BCUT2D eigenvalue weighted by Crippen LogP contribution is -2.18. The molecule has 1 rings (SSSR count). The van der Waals surface area contributed by atoms with Crippen molar-refractivity contribution in [1.29, 1.82) is 0 Å². The molecule has 1 aliphatic carbocycles. The van der Waals surface area contributed by atoms with Crippen molar-refractivity contribution in [2.75, 3.05) is 0 Å². The van der Waals surface area contributed by atoms with Gasteiger partial charge in [-0.3, -0.25) is 0 Å². The minimum absolute atomic E-state index is 0.704. The molecule has 1 fully saturated rings. The molecule has 60 valence electrons. The maximum absolute atomic E-state index is 4.47. The van der Waals surface area contributed by atoms with Gasteiger partial charge >= 0.3 is 0 Å². The standard InChI is InChI=1S/C9H18S/c1-7(2)8-3-5-9(10)6-4-8/h7-10H,3-6H2,1-2H3. The van der Waals surface area contributed by atoms with Gasteiger partial charge in [0.15, 0.2) is 0 Å². The van der Waals surface area contributed by atoms with Crippen molar-refractivity contribution in [1.82, 2.24) is 0 Å². The quantitative estimate of drug-likeness (QED) is 0.557. The first-order valence-corrected chi connectivity index (χ1v) is 4.90. The Morgan fingerprint density at radius 1 is 1.10 bits per heavy atom. The second kappa shape index (κ2) is 3.66. The molecule has 0 radical (unpaired) electrons. The summed E-state index contributed by atoms with van der Waals surface area (Å²) in [6.07, 6.45) is 5.50. The normalized spacial score (nSPS) is 34.8. The molecule has 0 nitrogen and oxygen atoms in total. The second-order valence-electron chi connectivity index (χ2n) is 3.81. The van der Waals surface area contributed by atoms with Crippen LogP contribution in [0.3, 0.4) is 0 Å². The van der Waals surface area contributed by atoms with Crippen LogP contribution in [0.1, 0.15) is 39.5 Å². The Bertz CT molecular complexity index is 90.9. The van der Waals surface area contributed by atoms with Crippen molar-refractivity contribution < 1.29 is 0 Å². The third-order valence-electron chi connectivity index (χ3n) is 2.68. The van der Waals surface area contributed by atoms with E-state index in [9.17, 15) is 0 Å². The summed E-state index contributed by atoms with van der Waals surface area (Å²) in [6.45, 7) is 4.67. The summed E-state index contributed by atoms with van der Waals surface area (Å²) in [4.78, 5) is 0. The molecule has 0 aromatic rings. The van der Waals surface area contributed by atoms with E-state index in [2.05, 4.69) is 26.5 Å². The summed E-state index contributed by atoms with van der Waals surface area (Å²) in [5.74, 6) is 1.88. The molecule has 0 aromatic heterocycles. The fourth-order valence-electron chi connectivity index (χ4n) is 1.77. The highest BCUT2D eigenvalue weighted by atomic mass is 32.1. The van der Waals surface area contributed by atoms with E-state index in [0.717, 1.165) is 11.8 Å². The Morgan fingerprint density at radius 3 is 2.00 bits per heavy atom. The third kappa shape index (κ3) is 2.19. The first-order valence-electron chi connectivity index (χ1n) is 4.38. The van der Waals surface area contributed by atoms with E-state index in [0.29, 0.717) is 5.25 Å². The molecule has 0 N–H and O–H groups in total. The minimum Gasteiger partial charge on any atom is -0.176 e. The predicted molar refractivity (Wildman–Crippen MR) is 49.6 cm³/mol. The lowest BCUT2D eigenvalue weighted by Gasteiger charge is -2.28. The topological polar surface area (TPSA) is 0 Å². The van der Waals surface area contributed by atoms with E-state index in [4.69, 9.17) is 0 Å². The van der Waals surface area contributed by atoms with Crippen LogP contribution in [0.5, 0.6) is 0 Å². The zero-order valence-corrected chi connectivity index (χ0v) is 7.90. The SMILES string of the molecule is CC(C)C1CCC(S)CC1. The molecule has 10 heavy (non-hydrogen) atoms. The van der Waals surface area contributed by atoms with Crippen LogP contribution in [0.2, 0.25) is 0 Å². The van der Waals surface area contributed by atoms with Crippen LogP contribution in [-0.4, -0.2) is 5.25 Å². The first kappa shape index (κ1) is 8.45. The summed E-state index contributed by atoms with van der Waals surface area (Å²) < 4.78 is 0. The van der Waals surface area contributed by atoms with Crippen molar-refractivity contribution >= 4 is 12.6 Å². The minimum atomic E-state index is 0.704. The van der Waals surface area contributed by atoms with E-state index in [1.54, 1.807) is 0 Å². The van der Waals surface area contributed by atoms with E-state index < -0.39 is 0 Å². The van der Waals surface area contributed by atoms with Gasteiger partial charge < -0.3 is 0 Å². The van der Waals surface area contributed by atoms with E-state index in [1.807, 2.05) is 0 Å². The Balaban J connectivity index is 2.26. The molecule has 0 saturated heterocycles. The predicted octanol–water partition coefficient (Wildman–Crippen LogP) is 3.13. The van der Waals surface area contributed by atoms with E-state index in [-0.39, 0.29) is 0 Å². The highest BCUT2D eigenvalue weighted by molar-refractivity contribution is 7.80. The molecular weight excluding hydrogens is 140 g/mol. The number of thiol groups is 1. The van der Waals surface area contributed by atoms with Gasteiger partial charge in [-0.25, -0.2) is 0 Å². The average molecular weight is 158 g/mol. The Morgan fingerprint density at radius 2 is 1.60 bits per heavy atom. The Kier molecular flexibility index (Phi) is 3.09. The van der Waals surface area contributed by atoms with Gasteiger partial charge in [0.05, 0.1) is 0 Å². The summed E-state index contributed by atoms with van der Waals surface area (Å²) in [5.41, 5.74) is 0. The second-order valence-corrected chi connectivity index (χ2v) is 4.54. The molecule has 1 saturated carbocycles. The van der Waals surface area contributed by atoms with E-state index in [1.165, 1.54) is 25.7 Å². The van der Waals surface area contributed by atoms with Gasteiger partial charge in [-0.15, -0.1) is 0 Å². The molecule has 0 heterocycles. The molecule has 0 aliphatic heterocycles. The molecule has 1 aliphatic rings. The summed E-state index contributed by atoms with van der Waals surface area (Å²) in [5, 5.41) is 0.704. The first-order chi connectivity index (χ1) is 4.70. The van der Waals surface area contributed by atoms with Crippen LogP contribution in [0.15, 0.2) is 0 Å². The summed E-state index contributed by atoms with van der Waals surface area (Å²) >= 11 is 4.47. The molecule has 1 heteroatoms. The van der Waals surface area contributed by atoms with Gasteiger partial charge in [0, 0.05) is 5.25 Å². The molecule has 0 bridgehead atoms. The maximum Gasteiger partial charge on any atom is 0.00170 e. The van der Waals surface area contributed by atoms with Gasteiger partial charge in [0.25, 0.3) is 0 Å². The maximum atomic E-state index is 4.47. The fraction of sp³-hybridized carbons (Fsp3) is 1.00. The lowest BCUT2D eigenvalue weighted by atomic mass is 9.82. The molecule has 0 unspecified atom stereocenters. The molecule has 0 spiro atoms. The zero-order valence-electron chi connectivity index (χ0n) is 7.01. The van der Waals surface area contributed by atoms with Crippen molar-refractivity contribution in [2.45, 2.75) is 44.8 Å². The van der Waals surface area contributed by atoms with Crippen LogP contribution in [0.25, 0.3) is 0 Å². The van der Waals surface area contributed by atoms with Crippen molar-refractivity contribution in [3.05, 3.63) is 0 Å². The van der Waals surface area contributed by atoms with Crippen LogP contribution in [0.4, 0.5) is 0 Å². The van der Waals surface area contributed by atoms with Crippen LogP contribution in [0, 0.1) is 11.8 Å². The lowest BCUT2D eigenvalue weighted by molar-refractivity contribution is 0.284. The Labute approximate surface area is 69.8 Å². The van der Waals surface area contributed by atoms with Crippen molar-refractivity contribution in [3.63, 3.8) is 0 Å². The monoisotopic (exact) mass is 158 g/mol. The van der Waals surface area contributed by atoms with Crippen LogP contribution >= 0.6 is 12.6 Å². The van der Waals surface area contributed by atoms with Gasteiger partial charge in [-0.1, -0.05) is 13.8 Å². The summed E-state index contributed by atoms with van der Waals surface area (Å²) in [7, 11) is 0. The zero-order chi connectivity index (χ0) is 7.56. The van der Waals surface area contributed by atoms with Crippen molar-refractivity contribution in [3.8, 4) is 0 Å². The molecular formula is C9H18S. The third-order valence-corrected chi connectivity index (χ3v) is 3.20.